The van der Waals surface area contributed by atoms with Crippen LogP contribution in [-0.2, 0) is 4.79 Å². The van der Waals surface area contributed by atoms with E-state index in [4.69, 9.17) is 0 Å². The second-order valence-electron chi connectivity index (χ2n) is 15.2. The number of hydrogen-bond acceptors (Lipinski definition) is 2. The molecule has 5 aliphatic carbocycles. The predicted molar refractivity (Wildman–Crippen MR) is 131 cm³/mol. The van der Waals surface area contributed by atoms with Crippen molar-refractivity contribution in [2.24, 2.45) is 56.2 Å². The fourth-order valence-corrected chi connectivity index (χ4v) is 10.5. The van der Waals surface area contributed by atoms with Gasteiger partial charge in [0.05, 0.1) is 6.10 Å². The number of hydrogen-bond donors (Lipinski definition) is 1. The molecule has 32 heavy (non-hydrogen) atoms. The highest BCUT2D eigenvalue weighted by Gasteiger charge is 2.69. The molecule has 0 bridgehead atoms. The summed E-state index contributed by atoms with van der Waals surface area (Å²) in [5.74, 6) is 2.65. The van der Waals surface area contributed by atoms with E-state index in [1.165, 1.54) is 25.7 Å². The van der Waals surface area contributed by atoms with Crippen molar-refractivity contribution in [3.8, 4) is 0 Å². The van der Waals surface area contributed by atoms with Crippen molar-refractivity contribution in [1.29, 1.82) is 0 Å². The molecule has 4 saturated carbocycles. The molecule has 4 fully saturated rings. The van der Waals surface area contributed by atoms with E-state index in [9.17, 15) is 9.90 Å². The van der Waals surface area contributed by atoms with Gasteiger partial charge in [-0.3, -0.25) is 4.79 Å². The van der Waals surface area contributed by atoms with Gasteiger partial charge in [-0.2, -0.15) is 0 Å². The summed E-state index contributed by atoms with van der Waals surface area (Å²) in [6.07, 6.45) is 13.8. The van der Waals surface area contributed by atoms with Crippen LogP contribution in [0.1, 0.15) is 107 Å². The lowest BCUT2D eigenvalue weighted by atomic mass is 9.33. The first-order valence-electron chi connectivity index (χ1n) is 13.5. The molecule has 5 aliphatic rings. The van der Waals surface area contributed by atoms with Crippen molar-refractivity contribution in [2.45, 2.75) is 113 Å². The second-order valence-corrected chi connectivity index (χ2v) is 15.2. The summed E-state index contributed by atoms with van der Waals surface area (Å²) >= 11 is 0. The maximum atomic E-state index is 13.4. The number of aliphatic hydroxyl groups is 1. The molecule has 0 spiro atoms. The molecule has 2 nitrogen and oxygen atoms in total. The van der Waals surface area contributed by atoms with E-state index in [2.05, 4.69) is 67.5 Å². The molecule has 0 saturated heterocycles. The average molecular weight is 441 g/mol. The van der Waals surface area contributed by atoms with Gasteiger partial charge >= 0.3 is 0 Å². The minimum Gasteiger partial charge on any atom is -0.393 e. The fraction of sp³-hybridized carbons (Fsp3) is 0.900. The molecule has 2 heteroatoms. The Morgan fingerprint density at radius 2 is 1.53 bits per heavy atom. The molecule has 0 radical (unpaired) electrons. The number of aliphatic hydroxyl groups excluding tert-OH is 1. The highest BCUT2D eigenvalue weighted by molar-refractivity contribution is 5.86. The Bertz CT molecular complexity index is 853. The molecule has 0 heterocycles. The van der Waals surface area contributed by atoms with E-state index >= 15 is 0 Å². The van der Waals surface area contributed by atoms with Crippen LogP contribution in [-0.4, -0.2) is 17.0 Å². The van der Waals surface area contributed by atoms with Gasteiger partial charge in [0.1, 0.15) is 5.78 Å². The monoisotopic (exact) mass is 440 g/mol. The quantitative estimate of drug-likeness (QED) is 0.404. The minimum absolute atomic E-state index is 0.00905. The number of fused-ring (bicyclic) bond motifs is 7. The van der Waals surface area contributed by atoms with Crippen LogP contribution in [0.4, 0.5) is 0 Å². The second kappa shape index (κ2) is 6.52. The van der Waals surface area contributed by atoms with E-state index in [0.717, 1.165) is 25.7 Å². The number of ketones is 1. The van der Waals surface area contributed by atoms with E-state index in [1.807, 2.05) is 0 Å². The zero-order valence-electron chi connectivity index (χ0n) is 22.1. The molecule has 0 aromatic carbocycles. The van der Waals surface area contributed by atoms with Crippen molar-refractivity contribution in [2.75, 3.05) is 0 Å². The maximum Gasteiger partial charge on any atom is 0.139 e. The highest BCUT2D eigenvalue weighted by Crippen LogP contribution is 2.75. The van der Waals surface area contributed by atoms with Crippen LogP contribution in [0.2, 0.25) is 0 Å². The van der Waals surface area contributed by atoms with Crippen molar-refractivity contribution >= 4 is 5.78 Å². The average Bonchev–Trinajstić information content (AvgIpc) is 2.67. The van der Waals surface area contributed by atoms with Crippen LogP contribution >= 0.6 is 0 Å². The van der Waals surface area contributed by atoms with E-state index in [0.29, 0.717) is 29.5 Å². The van der Waals surface area contributed by atoms with Gasteiger partial charge in [-0.05, 0) is 95.7 Å². The largest absolute Gasteiger partial charge is 0.393 e. The lowest BCUT2D eigenvalue weighted by molar-refractivity contribution is -0.215. The van der Waals surface area contributed by atoms with Gasteiger partial charge in [-0.1, -0.05) is 67.5 Å². The Hall–Kier alpha value is -0.630. The molecule has 0 amide bonds. The lowest BCUT2D eigenvalue weighted by Crippen LogP contribution is -2.66. The van der Waals surface area contributed by atoms with E-state index < -0.39 is 0 Å². The van der Waals surface area contributed by atoms with E-state index in [-0.39, 0.29) is 38.6 Å². The van der Waals surface area contributed by atoms with Crippen LogP contribution in [0, 0.1) is 56.2 Å². The summed E-state index contributed by atoms with van der Waals surface area (Å²) in [5, 5.41) is 10.9. The lowest BCUT2D eigenvalue weighted by Gasteiger charge is -2.71. The first-order chi connectivity index (χ1) is 14.6. The van der Waals surface area contributed by atoms with E-state index in [1.54, 1.807) is 0 Å². The molecule has 0 aliphatic heterocycles. The number of carbonyl (C=O) groups excluding carboxylic acids is 1. The van der Waals surface area contributed by atoms with Crippen LogP contribution in [0.5, 0.6) is 0 Å². The molecule has 180 valence electrons. The zero-order chi connectivity index (χ0) is 23.5. The summed E-state index contributed by atoms with van der Waals surface area (Å²) in [5.41, 5.74) is 0.748. The molecular weight excluding hydrogens is 392 g/mol. The molecule has 0 aromatic heterocycles. The zero-order valence-corrected chi connectivity index (χ0v) is 22.1. The number of Topliss-reactive ketones (excluding diaryl/α,β-unsaturated/α-hetero) is 1. The third kappa shape index (κ3) is 2.65. The van der Waals surface area contributed by atoms with Gasteiger partial charge < -0.3 is 5.11 Å². The molecular formula is C30H48O2. The van der Waals surface area contributed by atoms with Gasteiger partial charge in [0.2, 0.25) is 0 Å². The molecule has 5 rings (SSSR count). The van der Waals surface area contributed by atoms with Crippen molar-refractivity contribution in [3.05, 3.63) is 12.2 Å². The Balaban J connectivity index is 1.59. The third-order valence-corrected chi connectivity index (χ3v) is 12.9. The topological polar surface area (TPSA) is 37.3 Å². The predicted octanol–water partition coefficient (Wildman–Crippen LogP) is 7.20. The minimum atomic E-state index is -0.174. The summed E-state index contributed by atoms with van der Waals surface area (Å²) in [6, 6.07) is 0. The van der Waals surface area contributed by atoms with Crippen molar-refractivity contribution in [1.82, 2.24) is 0 Å². The summed E-state index contributed by atoms with van der Waals surface area (Å²) in [4.78, 5) is 13.4. The Labute approximate surface area is 197 Å². The third-order valence-electron chi connectivity index (χ3n) is 12.9. The van der Waals surface area contributed by atoms with Gasteiger partial charge in [0.15, 0.2) is 0 Å². The van der Waals surface area contributed by atoms with Crippen LogP contribution in [0.25, 0.3) is 0 Å². The number of allylic oxidation sites excluding steroid dienone is 2. The van der Waals surface area contributed by atoms with Crippen molar-refractivity contribution in [3.63, 3.8) is 0 Å². The molecule has 9 atom stereocenters. The summed E-state index contributed by atoms with van der Waals surface area (Å²) in [6.45, 7) is 19.4. The maximum absolute atomic E-state index is 13.4. The number of rotatable bonds is 0. The van der Waals surface area contributed by atoms with Crippen LogP contribution in [0.3, 0.4) is 0 Å². The standard InChI is InChI=1S/C30H48O2/c1-25(2)17-20-19-9-10-22-28(6)13-12-23(31)26(3,4)21(28)11-14-30(22,8)29(19,7)16-15-27(20,5)24(32)18-25/h9-10,19-23,31H,11-18H2,1-8H3/t19-,20+,21-,22-,23+,27-,28+,29-,30-/m1/s1. The highest BCUT2D eigenvalue weighted by atomic mass is 16.3. The number of carbonyl (C=O) groups is 1. The van der Waals surface area contributed by atoms with Crippen LogP contribution in [0.15, 0.2) is 12.2 Å². The van der Waals surface area contributed by atoms with Gasteiger partial charge in [-0.15, -0.1) is 0 Å². The molecule has 0 unspecified atom stereocenters. The molecule has 1 N–H and O–H groups in total. The first-order valence-corrected chi connectivity index (χ1v) is 13.5. The Morgan fingerprint density at radius 1 is 0.844 bits per heavy atom. The summed E-state index contributed by atoms with van der Waals surface area (Å²) in [7, 11) is 0. The summed E-state index contributed by atoms with van der Waals surface area (Å²) < 4.78 is 0. The Morgan fingerprint density at radius 3 is 2.22 bits per heavy atom. The van der Waals surface area contributed by atoms with Gasteiger partial charge in [-0.25, -0.2) is 0 Å². The van der Waals surface area contributed by atoms with Crippen molar-refractivity contribution < 1.29 is 9.90 Å². The van der Waals surface area contributed by atoms with Gasteiger partial charge in [0, 0.05) is 11.8 Å². The SMILES string of the molecule is CC1(C)CC(=O)[C@]2(C)CC[C@]3(C)[C@H](C=C[C@@H]4[C@@]5(C)CC[C@H](O)C(C)(C)[C@H]5CC[C@]43C)[C@@H]2C1. The first kappa shape index (κ1) is 23.1. The fourth-order valence-electron chi connectivity index (χ4n) is 10.5. The van der Waals surface area contributed by atoms with Gasteiger partial charge in [0.25, 0.3) is 0 Å². The van der Waals surface area contributed by atoms with Crippen LogP contribution < -0.4 is 0 Å². The molecule has 0 aromatic rings. The normalized spacial score (nSPS) is 55.9. The smallest absolute Gasteiger partial charge is 0.139 e. The Kier molecular flexibility index (Phi) is 4.71.